The van der Waals surface area contributed by atoms with E-state index in [1.807, 2.05) is 11.4 Å². The van der Waals surface area contributed by atoms with E-state index in [0.29, 0.717) is 30.8 Å². The van der Waals surface area contributed by atoms with Crippen LogP contribution in [0.2, 0.25) is 0 Å². The number of thiophene rings is 1. The normalized spacial score (nSPS) is 14.7. The number of para-hydroxylation sites is 1. The Morgan fingerprint density at radius 1 is 1.04 bits per heavy atom. The Kier molecular flexibility index (Phi) is 5.52. The first-order valence-corrected chi connectivity index (χ1v) is 9.15. The second-order valence-corrected chi connectivity index (χ2v) is 6.95. The molecular formula is C18H19N3O4S. The number of hydrazine groups is 1. The molecule has 8 heteroatoms. The van der Waals surface area contributed by atoms with E-state index in [-0.39, 0.29) is 29.0 Å². The van der Waals surface area contributed by atoms with E-state index in [2.05, 4.69) is 10.9 Å². The van der Waals surface area contributed by atoms with Gasteiger partial charge in [-0.3, -0.25) is 25.2 Å². The SMILES string of the molecule is O=C(NNC(=O)C1CCN(C(=O)c2cccs2)CC1)c1ccccc1O. The van der Waals surface area contributed by atoms with Gasteiger partial charge >= 0.3 is 0 Å². The van der Waals surface area contributed by atoms with Gasteiger partial charge in [0.05, 0.1) is 10.4 Å². The molecular weight excluding hydrogens is 354 g/mol. The summed E-state index contributed by atoms with van der Waals surface area (Å²) in [6.07, 6.45) is 1.07. The molecule has 0 unspecified atom stereocenters. The number of nitrogens with zero attached hydrogens (tertiary/aromatic N) is 1. The van der Waals surface area contributed by atoms with Gasteiger partial charge in [0.25, 0.3) is 11.8 Å². The third-order valence-corrected chi connectivity index (χ3v) is 5.19. The molecule has 0 bridgehead atoms. The maximum Gasteiger partial charge on any atom is 0.273 e. The number of hydrogen-bond acceptors (Lipinski definition) is 5. The molecule has 1 aromatic carbocycles. The quantitative estimate of drug-likeness (QED) is 0.714. The molecule has 2 aromatic rings. The Morgan fingerprint density at radius 3 is 2.42 bits per heavy atom. The largest absolute Gasteiger partial charge is 0.507 e. The fourth-order valence-electron chi connectivity index (χ4n) is 2.85. The molecule has 7 nitrogen and oxygen atoms in total. The second-order valence-electron chi connectivity index (χ2n) is 6.00. The van der Waals surface area contributed by atoms with E-state index in [9.17, 15) is 19.5 Å². The molecule has 1 saturated heterocycles. The number of nitrogens with one attached hydrogen (secondary N) is 2. The maximum atomic E-state index is 12.3. The minimum atomic E-state index is -0.582. The molecule has 1 fully saturated rings. The molecule has 0 saturated carbocycles. The molecule has 136 valence electrons. The average Bonchev–Trinajstić information content (AvgIpc) is 3.20. The molecule has 3 rings (SSSR count). The summed E-state index contributed by atoms with van der Waals surface area (Å²) in [5.41, 5.74) is 4.80. The summed E-state index contributed by atoms with van der Waals surface area (Å²) in [4.78, 5) is 39.0. The van der Waals surface area contributed by atoms with Gasteiger partial charge in [0.15, 0.2) is 0 Å². The summed E-state index contributed by atoms with van der Waals surface area (Å²) >= 11 is 1.40. The molecule has 0 atom stereocenters. The lowest BCUT2D eigenvalue weighted by atomic mass is 9.96. The predicted molar refractivity (Wildman–Crippen MR) is 96.7 cm³/mol. The van der Waals surface area contributed by atoms with Crippen LogP contribution in [0.25, 0.3) is 0 Å². The van der Waals surface area contributed by atoms with Gasteiger partial charge in [-0.15, -0.1) is 11.3 Å². The lowest BCUT2D eigenvalue weighted by molar-refractivity contribution is -0.127. The summed E-state index contributed by atoms with van der Waals surface area (Å²) in [6.45, 7) is 1.00. The van der Waals surface area contributed by atoms with Crippen molar-refractivity contribution in [2.24, 2.45) is 5.92 Å². The van der Waals surface area contributed by atoms with Crippen LogP contribution in [0.1, 0.15) is 32.9 Å². The molecule has 0 aliphatic carbocycles. The highest BCUT2D eigenvalue weighted by atomic mass is 32.1. The molecule has 3 N–H and O–H groups in total. The summed E-state index contributed by atoms with van der Waals surface area (Å²) < 4.78 is 0. The Balaban J connectivity index is 1.47. The van der Waals surface area contributed by atoms with Crippen LogP contribution in [0.3, 0.4) is 0 Å². The smallest absolute Gasteiger partial charge is 0.273 e. The van der Waals surface area contributed by atoms with Crippen molar-refractivity contribution >= 4 is 29.1 Å². The topological polar surface area (TPSA) is 98.7 Å². The predicted octanol–water partition coefficient (Wildman–Crippen LogP) is 1.77. The fourth-order valence-corrected chi connectivity index (χ4v) is 3.55. The zero-order valence-electron chi connectivity index (χ0n) is 14.0. The first-order chi connectivity index (χ1) is 12.6. The van der Waals surface area contributed by atoms with Gasteiger partial charge in [-0.1, -0.05) is 18.2 Å². The first-order valence-electron chi connectivity index (χ1n) is 8.27. The Bertz CT molecular complexity index is 799. The van der Waals surface area contributed by atoms with Crippen molar-refractivity contribution in [2.75, 3.05) is 13.1 Å². The molecule has 1 aliphatic heterocycles. The van der Waals surface area contributed by atoms with E-state index in [1.165, 1.54) is 23.5 Å². The van der Waals surface area contributed by atoms with Gasteiger partial charge in [0, 0.05) is 19.0 Å². The van der Waals surface area contributed by atoms with Crippen molar-refractivity contribution in [3.63, 3.8) is 0 Å². The fraction of sp³-hybridized carbons (Fsp3) is 0.278. The van der Waals surface area contributed by atoms with E-state index in [4.69, 9.17) is 0 Å². The van der Waals surface area contributed by atoms with Crippen LogP contribution in [0.5, 0.6) is 5.75 Å². The van der Waals surface area contributed by atoms with Gasteiger partial charge in [0.2, 0.25) is 5.91 Å². The molecule has 1 aliphatic rings. The van der Waals surface area contributed by atoms with E-state index in [0.717, 1.165) is 0 Å². The lowest BCUT2D eigenvalue weighted by Gasteiger charge is -2.31. The van der Waals surface area contributed by atoms with Crippen molar-refractivity contribution in [3.8, 4) is 5.75 Å². The number of likely N-dealkylation sites (tertiary alicyclic amines) is 1. The minimum Gasteiger partial charge on any atom is -0.507 e. The van der Waals surface area contributed by atoms with Crippen LogP contribution in [-0.4, -0.2) is 40.8 Å². The van der Waals surface area contributed by atoms with Crippen molar-refractivity contribution < 1.29 is 19.5 Å². The third-order valence-electron chi connectivity index (χ3n) is 4.33. The van der Waals surface area contributed by atoms with E-state index >= 15 is 0 Å². The van der Waals surface area contributed by atoms with Gasteiger partial charge in [-0.2, -0.15) is 0 Å². The van der Waals surface area contributed by atoms with Crippen molar-refractivity contribution in [2.45, 2.75) is 12.8 Å². The average molecular weight is 373 g/mol. The Hall–Kier alpha value is -2.87. The van der Waals surface area contributed by atoms with Crippen LogP contribution in [-0.2, 0) is 4.79 Å². The number of phenolic OH excluding ortho intramolecular Hbond substituents is 1. The van der Waals surface area contributed by atoms with E-state index in [1.54, 1.807) is 23.1 Å². The second kappa shape index (κ2) is 8.01. The zero-order chi connectivity index (χ0) is 18.5. The van der Waals surface area contributed by atoms with Crippen LogP contribution in [0.4, 0.5) is 0 Å². The number of benzene rings is 1. The van der Waals surface area contributed by atoms with Crippen molar-refractivity contribution in [1.82, 2.24) is 15.8 Å². The van der Waals surface area contributed by atoms with Gasteiger partial charge < -0.3 is 10.0 Å². The van der Waals surface area contributed by atoms with Crippen molar-refractivity contribution in [1.29, 1.82) is 0 Å². The third kappa shape index (κ3) is 4.02. The molecule has 1 aromatic heterocycles. The van der Waals surface area contributed by atoms with Crippen LogP contribution >= 0.6 is 11.3 Å². The maximum absolute atomic E-state index is 12.3. The number of phenols is 1. The van der Waals surface area contributed by atoms with Gasteiger partial charge in [-0.05, 0) is 36.4 Å². The summed E-state index contributed by atoms with van der Waals surface area (Å²) in [6, 6.07) is 9.72. The van der Waals surface area contributed by atoms with Crippen molar-refractivity contribution in [3.05, 3.63) is 52.2 Å². The number of aromatic hydroxyl groups is 1. The highest BCUT2D eigenvalue weighted by Crippen LogP contribution is 2.21. The van der Waals surface area contributed by atoms with E-state index < -0.39 is 5.91 Å². The summed E-state index contributed by atoms with van der Waals surface area (Å²) in [7, 11) is 0. The van der Waals surface area contributed by atoms with Crippen LogP contribution in [0, 0.1) is 5.92 Å². The Labute approximate surface area is 154 Å². The summed E-state index contributed by atoms with van der Waals surface area (Å²) in [5.74, 6) is -1.31. The highest BCUT2D eigenvalue weighted by Gasteiger charge is 2.28. The number of carbonyl (C=O) groups is 3. The number of amides is 3. The standard InChI is InChI=1S/C18H19N3O4S/c22-14-5-2-1-4-13(14)17(24)20-19-16(23)12-7-9-21(10-8-12)18(25)15-6-3-11-26-15/h1-6,11-12,22H,7-10H2,(H,19,23)(H,20,24). The number of piperidine rings is 1. The molecule has 2 heterocycles. The molecule has 26 heavy (non-hydrogen) atoms. The Morgan fingerprint density at radius 2 is 1.77 bits per heavy atom. The zero-order valence-corrected chi connectivity index (χ0v) is 14.8. The highest BCUT2D eigenvalue weighted by molar-refractivity contribution is 7.12. The molecule has 0 radical (unpaired) electrons. The van der Waals surface area contributed by atoms with Crippen LogP contribution in [0.15, 0.2) is 41.8 Å². The first kappa shape index (κ1) is 17.9. The van der Waals surface area contributed by atoms with Gasteiger partial charge in [0.1, 0.15) is 5.75 Å². The summed E-state index contributed by atoms with van der Waals surface area (Å²) in [5, 5.41) is 11.5. The molecule has 3 amide bonds. The number of rotatable bonds is 3. The molecule has 0 spiro atoms. The monoisotopic (exact) mass is 373 g/mol. The lowest BCUT2D eigenvalue weighted by Crippen LogP contribution is -2.48. The minimum absolute atomic E-state index is 0.00767. The number of hydrogen-bond donors (Lipinski definition) is 3. The van der Waals surface area contributed by atoms with Gasteiger partial charge in [-0.25, -0.2) is 0 Å². The number of carbonyl (C=O) groups excluding carboxylic acids is 3. The van der Waals surface area contributed by atoms with Crippen LogP contribution < -0.4 is 10.9 Å².